The van der Waals surface area contributed by atoms with Crippen molar-refractivity contribution in [1.82, 2.24) is 8.87 Å². The summed E-state index contributed by atoms with van der Waals surface area (Å²) >= 11 is 1.05. The van der Waals surface area contributed by atoms with Gasteiger partial charge in [-0.15, -0.1) is 0 Å². The summed E-state index contributed by atoms with van der Waals surface area (Å²) in [4.78, 5) is 14.0. The van der Waals surface area contributed by atoms with Gasteiger partial charge in [0.2, 0.25) is 10.0 Å². The summed E-state index contributed by atoms with van der Waals surface area (Å²) in [5, 5.41) is 0. The van der Waals surface area contributed by atoms with Crippen LogP contribution in [0.3, 0.4) is 0 Å². The summed E-state index contributed by atoms with van der Waals surface area (Å²) in [5.74, 6) is -0.306. The van der Waals surface area contributed by atoms with Gasteiger partial charge in [-0.05, 0) is 37.3 Å². The third-order valence-corrected chi connectivity index (χ3v) is 7.86. The zero-order valence-electron chi connectivity index (χ0n) is 15.3. The molecule has 0 amide bonds. The van der Waals surface area contributed by atoms with Crippen LogP contribution in [0, 0.1) is 5.82 Å². The van der Waals surface area contributed by atoms with E-state index in [1.165, 1.54) is 10.4 Å². The molecule has 6 nitrogen and oxygen atoms in total. The maximum atomic E-state index is 14.0. The Balaban J connectivity index is 1.57. The summed E-state index contributed by atoms with van der Waals surface area (Å²) in [5.41, 5.74) is 1.24. The molecule has 28 heavy (non-hydrogen) atoms. The molecule has 0 unspecified atom stereocenters. The number of hydrogen-bond donors (Lipinski definition) is 0. The number of nitrogens with zero attached hydrogens (tertiary/aromatic N) is 3. The van der Waals surface area contributed by atoms with Crippen LogP contribution >= 0.6 is 11.3 Å². The lowest BCUT2D eigenvalue weighted by Crippen LogP contribution is -2.48. The lowest BCUT2D eigenvalue weighted by molar-refractivity contribution is 0.383. The van der Waals surface area contributed by atoms with Crippen molar-refractivity contribution in [3.8, 4) is 0 Å². The molecule has 1 aromatic heterocycles. The highest BCUT2D eigenvalue weighted by Crippen LogP contribution is 2.26. The molecule has 0 atom stereocenters. The van der Waals surface area contributed by atoms with Crippen molar-refractivity contribution in [2.24, 2.45) is 0 Å². The van der Waals surface area contributed by atoms with Crippen molar-refractivity contribution in [3.63, 3.8) is 0 Å². The third kappa shape index (κ3) is 3.23. The number of benzene rings is 2. The second-order valence-corrected chi connectivity index (χ2v) is 9.52. The highest BCUT2D eigenvalue weighted by atomic mass is 32.2. The molecule has 2 heterocycles. The van der Waals surface area contributed by atoms with Crippen molar-refractivity contribution >= 4 is 37.3 Å². The van der Waals surface area contributed by atoms with Gasteiger partial charge in [-0.2, -0.15) is 4.31 Å². The molecule has 9 heteroatoms. The zero-order chi connectivity index (χ0) is 19.9. The van der Waals surface area contributed by atoms with Crippen LogP contribution in [0.15, 0.2) is 52.2 Å². The average molecular weight is 422 g/mol. The number of para-hydroxylation sites is 1. The van der Waals surface area contributed by atoms with Crippen molar-refractivity contribution in [1.29, 1.82) is 0 Å². The van der Waals surface area contributed by atoms with E-state index in [4.69, 9.17) is 0 Å². The fourth-order valence-electron chi connectivity index (χ4n) is 3.53. The van der Waals surface area contributed by atoms with E-state index in [1.807, 2.05) is 11.8 Å². The summed E-state index contributed by atoms with van der Waals surface area (Å²) in [6, 6.07) is 11.3. The summed E-state index contributed by atoms with van der Waals surface area (Å²) < 4.78 is 43.8. The number of thiazole rings is 1. The molecule has 0 spiro atoms. The minimum absolute atomic E-state index is 0.0921. The van der Waals surface area contributed by atoms with E-state index in [0.29, 0.717) is 30.0 Å². The van der Waals surface area contributed by atoms with Crippen LogP contribution in [0.4, 0.5) is 10.1 Å². The standard InChI is InChI=1S/C19H20FN3O3S2/c1-2-23-17-8-7-14(13-18(17)27-19(23)24)28(25,26)22-11-9-21(10-12-22)16-6-4-3-5-15(16)20/h3-8,13H,2,9-12H2,1H3. The number of aryl methyl sites for hydroxylation is 1. The number of anilines is 1. The van der Waals surface area contributed by atoms with E-state index in [9.17, 15) is 17.6 Å². The lowest BCUT2D eigenvalue weighted by Gasteiger charge is -2.35. The van der Waals surface area contributed by atoms with E-state index < -0.39 is 10.0 Å². The van der Waals surface area contributed by atoms with Crippen LogP contribution in [0.5, 0.6) is 0 Å². The van der Waals surface area contributed by atoms with Gasteiger partial charge in [0.25, 0.3) is 0 Å². The second kappa shape index (κ2) is 7.31. The predicted molar refractivity (Wildman–Crippen MR) is 109 cm³/mol. The highest BCUT2D eigenvalue weighted by Gasteiger charge is 2.29. The predicted octanol–water partition coefficient (Wildman–Crippen LogP) is 2.73. The number of sulfonamides is 1. The minimum Gasteiger partial charge on any atom is -0.367 e. The molecule has 0 N–H and O–H groups in total. The number of fused-ring (bicyclic) bond motifs is 1. The number of halogens is 1. The first-order valence-electron chi connectivity index (χ1n) is 9.05. The van der Waals surface area contributed by atoms with Crippen molar-refractivity contribution < 1.29 is 12.8 Å². The van der Waals surface area contributed by atoms with Crippen LogP contribution in [0.25, 0.3) is 10.2 Å². The Labute approximate surface area is 166 Å². The van der Waals surface area contributed by atoms with Gasteiger partial charge in [-0.1, -0.05) is 23.5 Å². The summed E-state index contributed by atoms with van der Waals surface area (Å²) in [6.45, 7) is 3.82. The smallest absolute Gasteiger partial charge is 0.308 e. The van der Waals surface area contributed by atoms with E-state index in [0.717, 1.165) is 16.9 Å². The average Bonchev–Trinajstić information content (AvgIpc) is 3.02. The Morgan fingerprint density at radius 3 is 2.46 bits per heavy atom. The third-order valence-electron chi connectivity index (χ3n) is 5.03. The van der Waals surface area contributed by atoms with Gasteiger partial charge in [0.15, 0.2) is 0 Å². The summed E-state index contributed by atoms with van der Waals surface area (Å²) in [6.07, 6.45) is 0. The molecule has 3 aromatic rings. The Bertz CT molecular complexity index is 1180. The van der Waals surface area contributed by atoms with E-state index in [1.54, 1.807) is 41.0 Å². The number of aromatic nitrogens is 1. The first-order valence-corrected chi connectivity index (χ1v) is 11.3. The molecule has 4 rings (SSSR count). The topological polar surface area (TPSA) is 62.6 Å². The first kappa shape index (κ1) is 19.1. The Kier molecular flexibility index (Phi) is 4.98. The molecule has 1 aliphatic rings. The molecule has 2 aromatic carbocycles. The van der Waals surface area contributed by atoms with Gasteiger partial charge in [0.05, 0.1) is 20.8 Å². The van der Waals surface area contributed by atoms with E-state index >= 15 is 0 Å². The Morgan fingerprint density at radius 2 is 1.79 bits per heavy atom. The van der Waals surface area contributed by atoms with Crippen LogP contribution < -0.4 is 9.77 Å². The molecule has 1 saturated heterocycles. The maximum Gasteiger partial charge on any atom is 0.308 e. The maximum absolute atomic E-state index is 14.0. The molecular formula is C19H20FN3O3S2. The zero-order valence-corrected chi connectivity index (χ0v) is 17.0. The Morgan fingerprint density at radius 1 is 1.07 bits per heavy atom. The van der Waals surface area contributed by atoms with Crippen LogP contribution in [0.1, 0.15) is 6.92 Å². The monoisotopic (exact) mass is 421 g/mol. The van der Waals surface area contributed by atoms with E-state index in [-0.39, 0.29) is 28.7 Å². The van der Waals surface area contributed by atoms with Crippen LogP contribution in [-0.4, -0.2) is 43.5 Å². The SMILES string of the molecule is CCn1c(=O)sc2cc(S(=O)(=O)N3CCN(c4ccccc4F)CC3)ccc21. The van der Waals surface area contributed by atoms with Crippen LogP contribution in [0.2, 0.25) is 0 Å². The largest absolute Gasteiger partial charge is 0.367 e. The van der Waals surface area contributed by atoms with Gasteiger partial charge in [-0.25, -0.2) is 12.8 Å². The highest BCUT2D eigenvalue weighted by molar-refractivity contribution is 7.89. The molecule has 148 valence electrons. The van der Waals surface area contributed by atoms with Crippen molar-refractivity contribution in [2.75, 3.05) is 31.1 Å². The molecule has 0 saturated carbocycles. The van der Waals surface area contributed by atoms with E-state index in [2.05, 4.69) is 0 Å². The van der Waals surface area contributed by atoms with Crippen molar-refractivity contribution in [3.05, 3.63) is 57.9 Å². The first-order chi connectivity index (χ1) is 13.4. The molecule has 0 radical (unpaired) electrons. The molecule has 1 aliphatic heterocycles. The fraction of sp³-hybridized carbons (Fsp3) is 0.316. The normalized spacial score (nSPS) is 16.0. The van der Waals surface area contributed by atoms with Gasteiger partial charge in [0, 0.05) is 32.7 Å². The molecule has 0 bridgehead atoms. The summed E-state index contributed by atoms with van der Waals surface area (Å²) in [7, 11) is -3.67. The minimum atomic E-state index is -3.67. The molecular weight excluding hydrogens is 401 g/mol. The number of hydrogen-bond acceptors (Lipinski definition) is 5. The molecule has 0 aliphatic carbocycles. The van der Waals surface area contributed by atoms with Gasteiger partial charge in [0.1, 0.15) is 5.82 Å². The van der Waals surface area contributed by atoms with Gasteiger partial charge in [-0.3, -0.25) is 9.36 Å². The number of piperazine rings is 1. The Hall–Kier alpha value is -2.23. The fourth-order valence-corrected chi connectivity index (χ4v) is 6.05. The lowest BCUT2D eigenvalue weighted by atomic mass is 10.2. The molecule has 1 fully saturated rings. The second-order valence-electron chi connectivity index (χ2n) is 6.58. The van der Waals surface area contributed by atoms with Gasteiger partial charge >= 0.3 is 4.87 Å². The quantitative estimate of drug-likeness (QED) is 0.650. The number of rotatable bonds is 4. The van der Waals surface area contributed by atoms with Crippen molar-refractivity contribution in [2.45, 2.75) is 18.4 Å². The van der Waals surface area contributed by atoms with Crippen LogP contribution in [-0.2, 0) is 16.6 Å². The van der Waals surface area contributed by atoms with Gasteiger partial charge < -0.3 is 4.90 Å².